The summed E-state index contributed by atoms with van der Waals surface area (Å²) < 4.78 is 38.7. The first-order valence-electron chi connectivity index (χ1n) is 7.01. The van der Waals surface area contributed by atoms with Gasteiger partial charge in [0.15, 0.2) is 17.4 Å². The fraction of sp³-hybridized carbons (Fsp3) is 0.600. The topological polar surface area (TPSA) is 44.5 Å². The van der Waals surface area contributed by atoms with Crippen molar-refractivity contribution in [1.29, 1.82) is 0 Å². The Morgan fingerprint density at radius 1 is 1.20 bits per heavy atom. The maximum atomic E-state index is 13.9. The van der Waals surface area contributed by atoms with Gasteiger partial charge in [0.1, 0.15) is 6.10 Å². The Hall–Kier alpha value is -1.20. The minimum Gasteiger partial charge on any atom is -0.484 e. The average molecular weight is 285 g/mol. The molecule has 20 heavy (non-hydrogen) atoms. The SMILES string of the molecule is COC1CCCC(Oc2c(F)cc(CCN)cc2F)C1. The van der Waals surface area contributed by atoms with Gasteiger partial charge < -0.3 is 15.2 Å². The average Bonchev–Trinajstić information content (AvgIpc) is 2.43. The fourth-order valence-electron chi connectivity index (χ4n) is 2.63. The Balaban J connectivity index is 2.09. The molecule has 1 aliphatic carbocycles. The molecule has 2 unspecified atom stereocenters. The van der Waals surface area contributed by atoms with Crippen molar-refractivity contribution < 1.29 is 18.3 Å². The van der Waals surface area contributed by atoms with Crippen molar-refractivity contribution in [2.24, 2.45) is 5.73 Å². The Labute approximate surface area is 118 Å². The van der Waals surface area contributed by atoms with Crippen LogP contribution in [-0.2, 0) is 11.2 Å². The first-order chi connectivity index (χ1) is 9.63. The molecule has 2 rings (SSSR count). The quantitative estimate of drug-likeness (QED) is 0.904. The molecule has 2 atom stereocenters. The molecule has 2 N–H and O–H groups in total. The van der Waals surface area contributed by atoms with Crippen LogP contribution in [0.4, 0.5) is 8.78 Å². The number of hydrogen-bond acceptors (Lipinski definition) is 3. The molecule has 112 valence electrons. The van der Waals surface area contributed by atoms with E-state index in [4.69, 9.17) is 15.2 Å². The number of methoxy groups -OCH3 is 1. The van der Waals surface area contributed by atoms with Crippen LogP contribution in [0.5, 0.6) is 5.75 Å². The van der Waals surface area contributed by atoms with Gasteiger partial charge in [-0.1, -0.05) is 0 Å². The van der Waals surface area contributed by atoms with Gasteiger partial charge in [-0.3, -0.25) is 0 Å². The fourth-order valence-corrected chi connectivity index (χ4v) is 2.63. The monoisotopic (exact) mass is 285 g/mol. The summed E-state index contributed by atoms with van der Waals surface area (Å²) in [7, 11) is 1.65. The third kappa shape index (κ3) is 3.67. The maximum Gasteiger partial charge on any atom is 0.191 e. The first-order valence-corrected chi connectivity index (χ1v) is 7.01. The number of hydrogen-bond donors (Lipinski definition) is 1. The molecule has 1 aromatic carbocycles. The highest BCUT2D eigenvalue weighted by Crippen LogP contribution is 2.29. The van der Waals surface area contributed by atoms with E-state index in [0.29, 0.717) is 24.9 Å². The molecule has 1 saturated carbocycles. The van der Waals surface area contributed by atoms with E-state index in [0.717, 1.165) is 19.3 Å². The molecule has 3 nitrogen and oxygen atoms in total. The molecule has 5 heteroatoms. The molecule has 1 aliphatic rings. The second kappa shape index (κ2) is 6.99. The summed E-state index contributed by atoms with van der Waals surface area (Å²) >= 11 is 0. The van der Waals surface area contributed by atoms with E-state index < -0.39 is 11.6 Å². The number of nitrogens with two attached hydrogens (primary N) is 1. The lowest BCUT2D eigenvalue weighted by molar-refractivity contribution is 0.0184. The lowest BCUT2D eigenvalue weighted by Gasteiger charge is -2.28. The molecule has 1 fully saturated rings. The number of rotatable bonds is 5. The highest BCUT2D eigenvalue weighted by atomic mass is 19.1. The number of ether oxygens (including phenoxy) is 2. The van der Waals surface area contributed by atoms with Crippen molar-refractivity contribution in [3.8, 4) is 5.75 Å². The van der Waals surface area contributed by atoms with Gasteiger partial charge in [0.2, 0.25) is 0 Å². The van der Waals surface area contributed by atoms with Gasteiger partial charge in [-0.2, -0.15) is 0 Å². The van der Waals surface area contributed by atoms with Gasteiger partial charge in [0, 0.05) is 13.5 Å². The standard InChI is InChI=1S/C15H21F2NO2/c1-19-11-3-2-4-12(9-11)20-15-13(16)7-10(5-6-18)8-14(15)17/h7-8,11-12H,2-6,9,18H2,1H3. The van der Waals surface area contributed by atoms with E-state index >= 15 is 0 Å². The van der Waals surface area contributed by atoms with E-state index in [1.807, 2.05) is 0 Å². The lowest BCUT2D eigenvalue weighted by Crippen LogP contribution is -2.30. The normalized spacial score (nSPS) is 22.8. The Morgan fingerprint density at radius 2 is 1.85 bits per heavy atom. The lowest BCUT2D eigenvalue weighted by atomic mass is 9.95. The van der Waals surface area contributed by atoms with Gasteiger partial charge >= 0.3 is 0 Å². The zero-order chi connectivity index (χ0) is 14.5. The summed E-state index contributed by atoms with van der Waals surface area (Å²) in [4.78, 5) is 0. The predicted molar refractivity (Wildman–Crippen MR) is 72.8 cm³/mol. The minimum atomic E-state index is -0.659. The summed E-state index contributed by atoms with van der Waals surface area (Å²) in [6.45, 7) is 0.358. The summed E-state index contributed by atoms with van der Waals surface area (Å²) in [6, 6.07) is 2.59. The summed E-state index contributed by atoms with van der Waals surface area (Å²) in [5.74, 6) is -1.60. The molecule has 0 amide bonds. The third-order valence-electron chi connectivity index (χ3n) is 3.69. The highest BCUT2D eigenvalue weighted by molar-refractivity contribution is 5.31. The Morgan fingerprint density at radius 3 is 2.45 bits per heavy atom. The van der Waals surface area contributed by atoms with Crippen molar-refractivity contribution in [2.45, 2.75) is 44.3 Å². The number of benzene rings is 1. The summed E-state index contributed by atoms with van der Waals surface area (Å²) in [5.41, 5.74) is 5.94. The molecule has 1 aromatic rings. The molecule has 0 heterocycles. The van der Waals surface area contributed by atoms with Gasteiger partial charge in [0.05, 0.1) is 6.10 Å². The summed E-state index contributed by atoms with van der Waals surface area (Å²) in [5, 5.41) is 0. The largest absolute Gasteiger partial charge is 0.484 e. The molecule has 0 aliphatic heterocycles. The second-order valence-electron chi connectivity index (χ2n) is 5.19. The molecule has 0 aromatic heterocycles. The molecule has 0 bridgehead atoms. The van der Waals surface area contributed by atoms with Crippen LogP contribution in [0.25, 0.3) is 0 Å². The predicted octanol–water partition coefficient (Wildman–Crippen LogP) is 2.80. The maximum absolute atomic E-state index is 13.9. The van der Waals surface area contributed by atoms with E-state index in [-0.39, 0.29) is 18.0 Å². The van der Waals surface area contributed by atoms with Crippen LogP contribution in [0.15, 0.2) is 12.1 Å². The Kier molecular flexibility index (Phi) is 5.31. The van der Waals surface area contributed by atoms with Crippen LogP contribution in [0.2, 0.25) is 0 Å². The van der Waals surface area contributed by atoms with Crippen LogP contribution in [-0.4, -0.2) is 25.9 Å². The van der Waals surface area contributed by atoms with Gasteiger partial charge in [-0.05, 0) is 49.9 Å². The third-order valence-corrected chi connectivity index (χ3v) is 3.69. The molecule has 0 spiro atoms. The zero-order valence-electron chi connectivity index (χ0n) is 11.7. The van der Waals surface area contributed by atoms with Gasteiger partial charge in [0.25, 0.3) is 0 Å². The van der Waals surface area contributed by atoms with Gasteiger partial charge in [-0.25, -0.2) is 8.78 Å². The van der Waals surface area contributed by atoms with Crippen LogP contribution >= 0.6 is 0 Å². The molecular formula is C15H21F2NO2. The molecule has 0 radical (unpaired) electrons. The summed E-state index contributed by atoms with van der Waals surface area (Å²) in [6.07, 6.45) is 3.73. The first kappa shape index (κ1) is 15.2. The smallest absolute Gasteiger partial charge is 0.191 e. The highest BCUT2D eigenvalue weighted by Gasteiger charge is 2.25. The van der Waals surface area contributed by atoms with E-state index in [1.54, 1.807) is 7.11 Å². The van der Waals surface area contributed by atoms with Crippen molar-refractivity contribution in [3.05, 3.63) is 29.3 Å². The second-order valence-corrected chi connectivity index (χ2v) is 5.19. The van der Waals surface area contributed by atoms with E-state index in [2.05, 4.69) is 0 Å². The number of halogens is 2. The van der Waals surface area contributed by atoms with E-state index in [1.165, 1.54) is 12.1 Å². The van der Waals surface area contributed by atoms with Crippen LogP contribution in [0.3, 0.4) is 0 Å². The Bertz CT molecular complexity index is 430. The van der Waals surface area contributed by atoms with Crippen molar-refractivity contribution in [1.82, 2.24) is 0 Å². The van der Waals surface area contributed by atoms with Crippen molar-refractivity contribution >= 4 is 0 Å². The van der Waals surface area contributed by atoms with Crippen LogP contribution in [0.1, 0.15) is 31.2 Å². The molecule has 0 saturated heterocycles. The van der Waals surface area contributed by atoms with Crippen molar-refractivity contribution in [3.63, 3.8) is 0 Å². The minimum absolute atomic E-state index is 0.108. The van der Waals surface area contributed by atoms with Gasteiger partial charge in [-0.15, -0.1) is 0 Å². The van der Waals surface area contributed by atoms with Crippen LogP contribution in [0, 0.1) is 11.6 Å². The van der Waals surface area contributed by atoms with Crippen LogP contribution < -0.4 is 10.5 Å². The zero-order valence-corrected chi connectivity index (χ0v) is 11.7. The molecular weight excluding hydrogens is 264 g/mol. The van der Waals surface area contributed by atoms with Crippen molar-refractivity contribution in [2.75, 3.05) is 13.7 Å². The van der Waals surface area contributed by atoms with E-state index in [9.17, 15) is 8.78 Å².